The Bertz CT molecular complexity index is 1920. The molecule has 0 bridgehead atoms. The first kappa shape index (κ1) is 73.9. The van der Waals surface area contributed by atoms with Gasteiger partial charge in [0.15, 0.2) is 24.6 Å². The Balaban J connectivity index is 2.71. The van der Waals surface area contributed by atoms with Gasteiger partial charge in [0.2, 0.25) is 0 Å². The van der Waals surface area contributed by atoms with Crippen molar-refractivity contribution in [3.63, 3.8) is 0 Å². The molecule has 1 saturated heterocycles. The zero-order valence-corrected chi connectivity index (χ0v) is 50.2. The summed E-state index contributed by atoms with van der Waals surface area (Å²) in [7, 11) is 0. The van der Waals surface area contributed by atoms with Crippen molar-refractivity contribution in [1.82, 2.24) is 0 Å². The van der Waals surface area contributed by atoms with Crippen LogP contribution in [0.4, 0.5) is 0 Å². The van der Waals surface area contributed by atoms with Gasteiger partial charge in [0.25, 0.3) is 0 Å². The molecule has 6 unspecified atom stereocenters. The van der Waals surface area contributed by atoms with E-state index in [-0.39, 0.29) is 25.9 Å². The van der Waals surface area contributed by atoms with Crippen LogP contribution in [0.25, 0.3) is 0 Å². The van der Waals surface area contributed by atoms with Gasteiger partial charge in [-0.1, -0.05) is 212 Å². The number of carboxylic acids is 1. The number of carbonyl (C=O) groups excluding carboxylic acids is 3. The molecular weight excluding hydrogens is 1020 g/mol. The smallest absolute Gasteiger partial charge is 0.335 e. The summed E-state index contributed by atoms with van der Waals surface area (Å²) in [6, 6.07) is 0. The number of aliphatic hydroxyl groups excluding tert-OH is 2. The van der Waals surface area contributed by atoms with Crippen LogP contribution < -0.4 is 0 Å². The predicted molar refractivity (Wildman–Crippen MR) is 330 cm³/mol. The number of aliphatic hydroxyl groups is 2. The van der Waals surface area contributed by atoms with Gasteiger partial charge >= 0.3 is 23.9 Å². The van der Waals surface area contributed by atoms with E-state index in [0.29, 0.717) is 19.3 Å². The monoisotopic (exact) mass is 1130 g/mol. The Hall–Kier alpha value is -5.14. The summed E-state index contributed by atoms with van der Waals surface area (Å²) in [5.41, 5.74) is 0. The van der Waals surface area contributed by atoms with Gasteiger partial charge in [-0.05, 0) is 128 Å². The van der Waals surface area contributed by atoms with E-state index >= 15 is 0 Å². The average Bonchev–Trinajstić information content (AvgIpc) is 3.53. The molecule has 1 aliphatic rings. The van der Waals surface area contributed by atoms with Crippen molar-refractivity contribution in [2.75, 3.05) is 13.2 Å². The molecule has 1 fully saturated rings. The Morgan fingerprint density at radius 2 is 0.741 bits per heavy atom. The fourth-order valence-corrected chi connectivity index (χ4v) is 8.54. The van der Waals surface area contributed by atoms with Crippen LogP contribution in [0, 0.1) is 0 Å². The Labute approximate surface area is 490 Å². The van der Waals surface area contributed by atoms with Gasteiger partial charge in [-0.2, -0.15) is 0 Å². The van der Waals surface area contributed by atoms with Crippen molar-refractivity contribution in [1.29, 1.82) is 0 Å². The lowest BCUT2D eigenvalue weighted by atomic mass is 9.98. The predicted octanol–water partition coefficient (Wildman–Crippen LogP) is 16.6. The summed E-state index contributed by atoms with van der Waals surface area (Å²) in [5, 5.41) is 31.6. The van der Waals surface area contributed by atoms with Crippen molar-refractivity contribution < 1.29 is 58.2 Å². The second kappa shape index (κ2) is 55.4. The number of esters is 3. The summed E-state index contributed by atoms with van der Waals surface area (Å²) in [5.74, 6) is -3.21. The molecule has 81 heavy (non-hydrogen) atoms. The van der Waals surface area contributed by atoms with Gasteiger partial charge < -0.3 is 39.0 Å². The van der Waals surface area contributed by atoms with Gasteiger partial charge in [-0.25, -0.2) is 4.79 Å². The summed E-state index contributed by atoms with van der Waals surface area (Å²) in [6.07, 6.45) is 65.5. The van der Waals surface area contributed by atoms with Crippen LogP contribution in [0.5, 0.6) is 0 Å². The highest BCUT2D eigenvalue weighted by molar-refractivity contribution is 5.74. The van der Waals surface area contributed by atoms with Gasteiger partial charge in [0.1, 0.15) is 18.8 Å². The van der Waals surface area contributed by atoms with Gasteiger partial charge in [0.05, 0.1) is 6.61 Å². The van der Waals surface area contributed by atoms with E-state index in [9.17, 15) is 34.5 Å². The molecule has 0 saturated carbocycles. The maximum absolute atomic E-state index is 13.2. The SMILES string of the molecule is CC/C=C\C/C=C\C/C=C\C/C=C\CCCCCCCCC(=O)OCC(COC1OC(C(=O)O)C(O)C(O)C1OC(=O)CCCCCC/C=C\C/C=C\C/C=C\C/C=C\CC)OC(=O)CCCCCCC/C=C\C/C=C\C/C=C\CC. The second-order valence-electron chi connectivity index (χ2n) is 20.5. The molecule has 3 N–H and O–H groups in total. The van der Waals surface area contributed by atoms with E-state index in [1.54, 1.807) is 0 Å². The van der Waals surface area contributed by atoms with Gasteiger partial charge in [-0.3, -0.25) is 14.4 Å². The molecule has 6 atom stereocenters. The minimum atomic E-state index is -1.92. The van der Waals surface area contributed by atoms with E-state index in [4.69, 9.17) is 23.7 Å². The molecule has 1 rings (SSSR count). The van der Waals surface area contributed by atoms with Crippen molar-refractivity contribution in [3.8, 4) is 0 Å². The first-order valence-electron chi connectivity index (χ1n) is 31.2. The molecule has 0 spiro atoms. The van der Waals surface area contributed by atoms with E-state index in [2.05, 4.69) is 154 Å². The van der Waals surface area contributed by atoms with Crippen molar-refractivity contribution in [2.45, 2.75) is 263 Å². The number of hydrogen-bond donors (Lipinski definition) is 3. The molecule has 0 aromatic carbocycles. The molecule has 0 aromatic rings. The lowest BCUT2D eigenvalue weighted by molar-refractivity contribution is -0.301. The lowest BCUT2D eigenvalue weighted by Gasteiger charge is -2.40. The molecule has 0 aromatic heterocycles. The van der Waals surface area contributed by atoms with Crippen molar-refractivity contribution in [3.05, 3.63) is 134 Å². The molecular formula is C69H108O12. The maximum atomic E-state index is 13.2. The number of unbranched alkanes of at least 4 members (excludes halogenated alkanes) is 15. The molecule has 1 heterocycles. The van der Waals surface area contributed by atoms with Crippen LogP contribution >= 0.6 is 0 Å². The topological polar surface area (TPSA) is 175 Å². The largest absolute Gasteiger partial charge is 0.479 e. The Morgan fingerprint density at radius 3 is 1.12 bits per heavy atom. The molecule has 0 aliphatic carbocycles. The van der Waals surface area contributed by atoms with Crippen LogP contribution in [0.2, 0.25) is 0 Å². The Morgan fingerprint density at radius 1 is 0.407 bits per heavy atom. The standard InChI is InChI=1S/C69H108O12/c1-4-7-10-13-16-19-22-25-28-30-31-33-35-37-40-43-46-49-52-55-61(70)77-58-60(79-62(71)56-53-50-47-44-41-38-34-27-24-21-18-15-12-9-6-3)59-78-69-67(65(74)64(73)66(81-69)68(75)76)80-63(72)57-54-51-48-45-42-39-36-32-29-26-23-20-17-14-11-8-5-2/h7-12,16-21,25-29,31,33-34,36,39,60,64-67,69,73-74H,4-6,13-15,22-24,30,32,35,37-38,40-59H2,1-3H3,(H,75,76)/b10-7-,11-8-,12-9-,19-16-,20-17-,21-18-,28-25-,29-26-,33-31-,34-27-,39-36-. The number of aliphatic carboxylic acids is 1. The van der Waals surface area contributed by atoms with Gasteiger partial charge in [0, 0.05) is 19.3 Å². The van der Waals surface area contributed by atoms with Crippen LogP contribution in [0.1, 0.15) is 226 Å². The zero-order valence-electron chi connectivity index (χ0n) is 50.2. The van der Waals surface area contributed by atoms with Gasteiger partial charge in [-0.15, -0.1) is 0 Å². The third-order valence-corrected chi connectivity index (χ3v) is 13.2. The lowest BCUT2D eigenvalue weighted by Crippen LogP contribution is -2.61. The highest BCUT2D eigenvalue weighted by Gasteiger charge is 2.50. The fraction of sp³-hybridized carbons (Fsp3) is 0.623. The molecule has 12 heteroatoms. The van der Waals surface area contributed by atoms with Crippen LogP contribution in [-0.4, -0.2) is 89.2 Å². The molecule has 456 valence electrons. The molecule has 0 amide bonds. The van der Waals surface area contributed by atoms with E-state index < -0.39 is 67.3 Å². The van der Waals surface area contributed by atoms with Crippen LogP contribution in [0.3, 0.4) is 0 Å². The quantitative estimate of drug-likeness (QED) is 0.0228. The third kappa shape index (κ3) is 45.1. The summed E-state index contributed by atoms with van der Waals surface area (Å²) >= 11 is 0. The highest BCUT2D eigenvalue weighted by atomic mass is 16.7. The average molecular weight is 1130 g/mol. The third-order valence-electron chi connectivity index (χ3n) is 13.2. The normalized spacial score (nSPS) is 18.7. The van der Waals surface area contributed by atoms with E-state index in [1.165, 1.54) is 0 Å². The minimum absolute atomic E-state index is 0.0216. The molecule has 12 nitrogen and oxygen atoms in total. The molecule has 1 aliphatic heterocycles. The second-order valence-corrected chi connectivity index (χ2v) is 20.5. The number of allylic oxidation sites excluding steroid dienone is 22. The maximum Gasteiger partial charge on any atom is 0.335 e. The Kier molecular flexibility index (Phi) is 50.5. The highest BCUT2D eigenvalue weighted by Crippen LogP contribution is 2.26. The van der Waals surface area contributed by atoms with Crippen LogP contribution in [0.15, 0.2) is 134 Å². The number of carboxylic acid groups (broad SMARTS) is 1. The van der Waals surface area contributed by atoms with Crippen molar-refractivity contribution in [2.24, 2.45) is 0 Å². The number of ether oxygens (including phenoxy) is 5. The summed E-state index contributed by atoms with van der Waals surface area (Å²) < 4.78 is 28.4. The van der Waals surface area contributed by atoms with E-state index in [0.717, 1.165) is 167 Å². The summed E-state index contributed by atoms with van der Waals surface area (Å²) in [6.45, 7) is 5.62. The first-order chi connectivity index (χ1) is 39.6. The number of hydrogen-bond acceptors (Lipinski definition) is 11. The van der Waals surface area contributed by atoms with E-state index in [1.807, 2.05) is 0 Å². The fourth-order valence-electron chi connectivity index (χ4n) is 8.54. The molecule has 0 radical (unpaired) electrons. The zero-order chi connectivity index (χ0) is 58.9. The van der Waals surface area contributed by atoms with Crippen molar-refractivity contribution >= 4 is 23.9 Å². The minimum Gasteiger partial charge on any atom is -0.479 e. The number of carbonyl (C=O) groups is 4. The number of rotatable bonds is 51. The van der Waals surface area contributed by atoms with Crippen LogP contribution in [-0.2, 0) is 42.9 Å². The first-order valence-corrected chi connectivity index (χ1v) is 31.2. The summed E-state index contributed by atoms with van der Waals surface area (Å²) in [4.78, 5) is 51.3.